The number of aromatic amines is 1. The van der Waals surface area contributed by atoms with Crippen LogP contribution in [0.5, 0.6) is 0 Å². The second-order valence-corrected chi connectivity index (χ2v) is 12.3. The maximum atomic E-state index is 13.0. The van der Waals surface area contributed by atoms with Gasteiger partial charge in [0.15, 0.2) is 10.2 Å². The quantitative estimate of drug-likeness (QED) is 0.164. The molecule has 1 saturated heterocycles. The van der Waals surface area contributed by atoms with E-state index in [-0.39, 0.29) is 17.9 Å². The molecule has 2 aliphatic heterocycles. The molecule has 208 valence electrons. The number of nitrogens with zero attached hydrogens (tertiary/aromatic N) is 4. The number of fused-ring (bicyclic) bond motifs is 2. The van der Waals surface area contributed by atoms with E-state index in [1.807, 2.05) is 18.2 Å². The monoisotopic (exact) mass is 607 g/mol. The highest BCUT2D eigenvalue weighted by Gasteiger charge is 2.54. The highest BCUT2D eigenvalue weighted by Crippen LogP contribution is 2.41. The first-order chi connectivity index (χ1) is 19.9. The largest absolute Gasteiger partial charge is 0.477 e. The van der Waals surface area contributed by atoms with Gasteiger partial charge in [-0.25, -0.2) is 9.78 Å². The molecule has 41 heavy (non-hydrogen) atoms. The minimum atomic E-state index is -1.18. The molecule has 4 N–H and O–H groups in total. The molecule has 0 radical (unpaired) electrons. The molecular weight excluding hydrogens is 587 g/mol. The van der Waals surface area contributed by atoms with Crippen molar-refractivity contribution in [2.75, 3.05) is 16.8 Å². The highest BCUT2D eigenvalue weighted by molar-refractivity contribution is 8.01. The predicted molar refractivity (Wildman–Crippen MR) is 155 cm³/mol. The first kappa shape index (κ1) is 27.0. The van der Waals surface area contributed by atoms with Crippen molar-refractivity contribution < 1.29 is 24.3 Å². The lowest BCUT2D eigenvalue weighted by atomic mass is 10.0. The fraction of sp³-hybridized carbons (Fsp3) is 0.192. The maximum Gasteiger partial charge on any atom is 0.352 e. The number of anilines is 1. The number of hydrogen-bond acceptors (Lipinski definition) is 10. The van der Waals surface area contributed by atoms with E-state index in [9.17, 15) is 24.3 Å². The molecule has 3 amide bonds. The van der Waals surface area contributed by atoms with E-state index < -0.39 is 35.1 Å². The van der Waals surface area contributed by atoms with Crippen LogP contribution in [-0.4, -0.2) is 76.8 Å². The molecule has 2 aliphatic rings. The summed E-state index contributed by atoms with van der Waals surface area (Å²) in [5.41, 5.74) is 4.56. The number of rotatable bonds is 9. The van der Waals surface area contributed by atoms with Crippen LogP contribution in [0.3, 0.4) is 0 Å². The lowest BCUT2D eigenvalue weighted by Gasteiger charge is -2.49. The van der Waals surface area contributed by atoms with Crippen LogP contribution in [0.25, 0.3) is 11.0 Å². The summed E-state index contributed by atoms with van der Waals surface area (Å²) in [5.74, 6) is -1.62. The predicted octanol–water partition coefficient (Wildman–Crippen LogP) is 2.74. The fourth-order valence-corrected chi connectivity index (χ4v) is 7.58. The number of thioether (sulfide) groups is 2. The van der Waals surface area contributed by atoms with Crippen LogP contribution in [0.2, 0.25) is 0 Å². The summed E-state index contributed by atoms with van der Waals surface area (Å²) < 4.78 is 0.712. The van der Waals surface area contributed by atoms with Crippen molar-refractivity contribution in [1.29, 1.82) is 0 Å². The third-order valence-electron chi connectivity index (χ3n) is 6.50. The number of carboxylic acids is 1. The first-order valence-electron chi connectivity index (χ1n) is 12.3. The molecule has 4 heterocycles. The van der Waals surface area contributed by atoms with Crippen molar-refractivity contribution in [2.24, 2.45) is 0 Å². The van der Waals surface area contributed by atoms with Gasteiger partial charge in [-0.05, 0) is 29.3 Å². The summed E-state index contributed by atoms with van der Waals surface area (Å²) in [6.45, 7) is 0. The van der Waals surface area contributed by atoms with Crippen LogP contribution in [0.1, 0.15) is 16.2 Å². The number of benzene rings is 2. The number of amides is 3. The number of aliphatic carboxylic acids is 1. The van der Waals surface area contributed by atoms with Crippen molar-refractivity contribution in [1.82, 2.24) is 30.4 Å². The van der Waals surface area contributed by atoms with Gasteiger partial charge in [-0.1, -0.05) is 53.4 Å². The van der Waals surface area contributed by atoms with Gasteiger partial charge in [0.1, 0.15) is 22.6 Å². The number of H-pyrrole nitrogens is 1. The van der Waals surface area contributed by atoms with Crippen molar-refractivity contribution in [2.45, 2.75) is 22.2 Å². The second-order valence-electron chi connectivity index (χ2n) is 9.10. The van der Waals surface area contributed by atoms with E-state index in [4.69, 9.17) is 0 Å². The average molecular weight is 608 g/mol. The Balaban J connectivity index is 1.11. The number of β-lactam (4-membered cyclic amide) rings is 1. The Morgan fingerprint density at radius 3 is 2.73 bits per heavy atom. The van der Waals surface area contributed by atoms with Crippen LogP contribution >= 0.6 is 34.9 Å². The highest BCUT2D eigenvalue weighted by atomic mass is 32.2. The van der Waals surface area contributed by atoms with Gasteiger partial charge in [0.25, 0.3) is 11.8 Å². The molecule has 2 atom stereocenters. The van der Waals surface area contributed by atoms with Crippen LogP contribution in [-0.2, 0) is 20.8 Å². The molecule has 15 heteroatoms. The van der Waals surface area contributed by atoms with Crippen molar-refractivity contribution in [3.05, 3.63) is 76.7 Å². The molecular formula is C26H21N7O5S3. The fourth-order valence-electron chi connectivity index (χ4n) is 4.60. The summed E-state index contributed by atoms with van der Waals surface area (Å²) in [6, 6.07) is 13.3. The zero-order chi connectivity index (χ0) is 28.5. The third-order valence-corrected chi connectivity index (χ3v) is 9.78. The smallest absolute Gasteiger partial charge is 0.352 e. The van der Waals surface area contributed by atoms with E-state index in [2.05, 4.69) is 30.8 Å². The lowest BCUT2D eigenvalue weighted by molar-refractivity contribution is -0.150. The van der Waals surface area contributed by atoms with Crippen LogP contribution < -0.4 is 10.6 Å². The van der Waals surface area contributed by atoms with E-state index in [1.165, 1.54) is 39.8 Å². The summed E-state index contributed by atoms with van der Waals surface area (Å²) >= 11 is 4.13. The summed E-state index contributed by atoms with van der Waals surface area (Å²) in [7, 11) is 0. The number of carboxylic acid groups (broad SMARTS) is 1. The van der Waals surface area contributed by atoms with Gasteiger partial charge < -0.3 is 20.7 Å². The third kappa shape index (κ3) is 5.42. The van der Waals surface area contributed by atoms with Crippen LogP contribution in [0, 0.1) is 0 Å². The first-order valence-corrected chi connectivity index (χ1v) is 15.2. The molecule has 1 fully saturated rings. The normalized spacial score (nSPS) is 18.1. The number of nitrogens with one attached hydrogen (secondary N) is 3. The Morgan fingerprint density at radius 2 is 1.95 bits per heavy atom. The van der Waals surface area contributed by atoms with Gasteiger partial charge in [-0.15, -0.1) is 22.0 Å². The number of carbonyl (C=O) groups excluding carboxylic acids is 3. The summed E-state index contributed by atoms with van der Waals surface area (Å²) in [6.07, 6.45) is -0.0941. The molecule has 0 bridgehead atoms. The number of imidazole rings is 1. The Labute approximate surface area is 245 Å². The Kier molecular flexibility index (Phi) is 7.47. The SMILES string of the molecule is O=C(Cc1ccccc1NC(=O)c1nc2ccccc2[nH]1)NC1C(=O)N2C(C(=O)O)=C(CSc3nncs3)CS[C@H]12. The molecule has 2 aromatic heterocycles. The van der Waals surface area contributed by atoms with Gasteiger partial charge in [0.05, 0.1) is 17.5 Å². The molecule has 6 rings (SSSR count). The molecule has 4 aromatic rings. The van der Waals surface area contributed by atoms with E-state index in [0.717, 1.165) is 5.52 Å². The van der Waals surface area contributed by atoms with E-state index in [0.29, 0.717) is 38.2 Å². The van der Waals surface area contributed by atoms with Crippen molar-refractivity contribution in [3.8, 4) is 0 Å². The number of carbonyl (C=O) groups is 4. The molecule has 0 spiro atoms. The van der Waals surface area contributed by atoms with Gasteiger partial charge in [-0.3, -0.25) is 19.3 Å². The molecule has 0 saturated carbocycles. The topological polar surface area (TPSA) is 170 Å². The van der Waals surface area contributed by atoms with Gasteiger partial charge in [0, 0.05) is 17.2 Å². The van der Waals surface area contributed by atoms with Crippen LogP contribution in [0.4, 0.5) is 5.69 Å². The summed E-state index contributed by atoms with van der Waals surface area (Å²) in [5, 5.41) is 22.6. The Morgan fingerprint density at radius 1 is 1.15 bits per heavy atom. The minimum absolute atomic E-state index is 0.0418. The van der Waals surface area contributed by atoms with Crippen molar-refractivity contribution in [3.63, 3.8) is 0 Å². The van der Waals surface area contributed by atoms with Crippen LogP contribution in [0.15, 0.2) is 69.7 Å². The summed E-state index contributed by atoms with van der Waals surface area (Å²) in [4.78, 5) is 59.5. The van der Waals surface area contributed by atoms with Gasteiger partial charge in [0.2, 0.25) is 5.91 Å². The Bertz CT molecular complexity index is 1670. The maximum absolute atomic E-state index is 13.0. The lowest BCUT2D eigenvalue weighted by Crippen LogP contribution is -2.70. The molecule has 12 nitrogen and oxygen atoms in total. The van der Waals surface area contributed by atoms with E-state index >= 15 is 0 Å². The number of hydrogen-bond donors (Lipinski definition) is 4. The zero-order valence-corrected chi connectivity index (χ0v) is 23.5. The molecule has 1 unspecified atom stereocenters. The van der Waals surface area contributed by atoms with Crippen molar-refractivity contribution >= 4 is 75.3 Å². The second kappa shape index (κ2) is 11.3. The van der Waals surface area contributed by atoms with Gasteiger partial charge >= 0.3 is 5.97 Å². The van der Waals surface area contributed by atoms with E-state index in [1.54, 1.807) is 35.8 Å². The Hall–Kier alpha value is -4.21. The zero-order valence-electron chi connectivity index (χ0n) is 21.1. The number of aromatic nitrogens is 4. The standard InChI is InChI=1S/C26H21N7O5S3/c34-18(9-13-5-1-2-6-15(13)30-22(35)21-28-16-7-3-4-8-17(16)29-21)31-19-23(36)33-20(25(37)38)14(10-39-24(19)33)11-40-26-32-27-12-41-26/h1-8,12,19,24H,9-11H2,(H,28,29)(H,30,35)(H,31,34)(H,37,38)/t19?,24-/m1/s1. The minimum Gasteiger partial charge on any atom is -0.477 e. The number of para-hydroxylation sites is 3. The average Bonchev–Trinajstić information content (AvgIpc) is 3.65. The molecule has 2 aromatic carbocycles. The molecule has 0 aliphatic carbocycles. The van der Waals surface area contributed by atoms with Gasteiger partial charge in [-0.2, -0.15) is 0 Å².